The molecule has 172 valence electrons. The summed E-state index contributed by atoms with van der Waals surface area (Å²) in [7, 11) is 0. The van der Waals surface area contributed by atoms with E-state index in [1.54, 1.807) is 29.2 Å². The smallest absolute Gasteiger partial charge is 0.253 e. The van der Waals surface area contributed by atoms with E-state index in [1.807, 2.05) is 52.0 Å². The molecule has 1 fully saturated rings. The van der Waals surface area contributed by atoms with Crippen molar-refractivity contribution in [1.82, 2.24) is 0 Å². The Labute approximate surface area is 189 Å². The number of carbonyl (C=O) groups is 2. The van der Waals surface area contributed by atoms with E-state index < -0.39 is 11.9 Å². The SMILES string of the molecule is C[C@@H](Cc1ccc(N2CCOCC2=O)cc1)C(=O)Nc1ccc(C(O)OC(C)(C)C)cc1. The Morgan fingerprint density at radius 3 is 2.41 bits per heavy atom. The second-order valence-corrected chi connectivity index (χ2v) is 9.06. The molecule has 0 spiro atoms. The van der Waals surface area contributed by atoms with Crippen LogP contribution in [0.25, 0.3) is 0 Å². The molecule has 1 saturated heterocycles. The van der Waals surface area contributed by atoms with Crippen molar-refractivity contribution >= 4 is 23.2 Å². The lowest BCUT2D eigenvalue weighted by Crippen LogP contribution is -2.41. The Morgan fingerprint density at radius 1 is 1.16 bits per heavy atom. The summed E-state index contributed by atoms with van der Waals surface area (Å²) in [4.78, 5) is 26.3. The van der Waals surface area contributed by atoms with Crippen molar-refractivity contribution in [3.05, 3.63) is 59.7 Å². The van der Waals surface area contributed by atoms with E-state index in [1.165, 1.54) is 0 Å². The van der Waals surface area contributed by atoms with Crippen LogP contribution in [0.2, 0.25) is 0 Å². The molecule has 0 bridgehead atoms. The van der Waals surface area contributed by atoms with Gasteiger partial charge >= 0.3 is 0 Å². The lowest BCUT2D eigenvalue weighted by molar-refractivity contribution is -0.169. The molecule has 1 unspecified atom stereocenters. The summed E-state index contributed by atoms with van der Waals surface area (Å²) in [5.41, 5.74) is 2.70. The lowest BCUT2D eigenvalue weighted by atomic mass is 10.00. The van der Waals surface area contributed by atoms with E-state index in [9.17, 15) is 14.7 Å². The molecule has 0 radical (unpaired) electrons. The normalized spacial score (nSPS) is 16.5. The first-order valence-electron chi connectivity index (χ1n) is 10.9. The van der Waals surface area contributed by atoms with Gasteiger partial charge in [0.05, 0.1) is 12.2 Å². The zero-order chi connectivity index (χ0) is 23.3. The number of hydrogen-bond acceptors (Lipinski definition) is 5. The van der Waals surface area contributed by atoms with Crippen molar-refractivity contribution in [2.45, 2.75) is 46.0 Å². The molecule has 1 heterocycles. The first kappa shape index (κ1) is 23.9. The largest absolute Gasteiger partial charge is 0.370 e. The average Bonchev–Trinajstić information content (AvgIpc) is 2.74. The fourth-order valence-electron chi connectivity index (χ4n) is 3.45. The third-order valence-corrected chi connectivity index (χ3v) is 5.15. The fourth-order valence-corrected chi connectivity index (χ4v) is 3.45. The van der Waals surface area contributed by atoms with Crippen LogP contribution < -0.4 is 10.2 Å². The van der Waals surface area contributed by atoms with Gasteiger partial charge in [-0.05, 0) is 57.0 Å². The molecule has 2 amide bonds. The molecule has 1 aliphatic heterocycles. The van der Waals surface area contributed by atoms with Gasteiger partial charge in [-0.3, -0.25) is 9.59 Å². The summed E-state index contributed by atoms with van der Waals surface area (Å²) in [5, 5.41) is 13.1. The van der Waals surface area contributed by atoms with Gasteiger partial charge in [-0.1, -0.05) is 31.2 Å². The molecular weight excluding hydrogens is 408 g/mol. The number of aliphatic hydroxyl groups excluding tert-OH is 1. The molecule has 2 aromatic rings. The van der Waals surface area contributed by atoms with Gasteiger partial charge in [0.2, 0.25) is 5.91 Å². The molecule has 32 heavy (non-hydrogen) atoms. The van der Waals surface area contributed by atoms with Gasteiger partial charge in [0, 0.05) is 29.4 Å². The summed E-state index contributed by atoms with van der Waals surface area (Å²) in [6, 6.07) is 14.7. The monoisotopic (exact) mass is 440 g/mol. The maximum absolute atomic E-state index is 12.6. The number of ether oxygens (including phenoxy) is 2. The van der Waals surface area contributed by atoms with Gasteiger partial charge in [-0.15, -0.1) is 0 Å². The van der Waals surface area contributed by atoms with Gasteiger partial charge in [-0.2, -0.15) is 0 Å². The van der Waals surface area contributed by atoms with Gasteiger partial charge in [0.25, 0.3) is 5.91 Å². The molecular formula is C25H32N2O5. The van der Waals surface area contributed by atoms with Gasteiger partial charge in [0.15, 0.2) is 6.29 Å². The molecule has 7 nitrogen and oxygen atoms in total. The molecule has 3 rings (SSSR count). The number of rotatable bonds is 7. The minimum atomic E-state index is -1.02. The van der Waals surface area contributed by atoms with Crippen LogP contribution in [0.5, 0.6) is 0 Å². The number of benzene rings is 2. The topological polar surface area (TPSA) is 88.1 Å². The highest BCUT2D eigenvalue weighted by Gasteiger charge is 2.21. The first-order valence-corrected chi connectivity index (χ1v) is 10.9. The van der Waals surface area contributed by atoms with Gasteiger partial charge < -0.3 is 24.8 Å². The molecule has 2 atom stereocenters. The maximum Gasteiger partial charge on any atom is 0.253 e. The number of carbonyl (C=O) groups excluding carboxylic acids is 2. The summed E-state index contributed by atoms with van der Waals surface area (Å²) in [6.45, 7) is 8.71. The Hall–Kier alpha value is -2.74. The molecule has 2 N–H and O–H groups in total. The predicted molar refractivity (Wildman–Crippen MR) is 123 cm³/mol. The Balaban J connectivity index is 1.54. The van der Waals surface area contributed by atoms with Crippen molar-refractivity contribution in [3.8, 4) is 0 Å². The van der Waals surface area contributed by atoms with Crippen LogP contribution >= 0.6 is 0 Å². The number of hydrogen-bond donors (Lipinski definition) is 2. The van der Waals surface area contributed by atoms with Crippen LogP contribution in [0.15, 0.2) is 48.5 Å². The molecule has 0 aliphatic carbocycles. The summed E-state index contributed by atoms with van der Waals surface area (Å²) < 4.78 is 10.7. The van der Waals surface area contributed by atoms with Crippen molar-refractivity contribution in [2.24, 2.45) is 5.92 Å². The van der Waals surface area contributed by atoms with Crippen LogP contribution in [0.4, 0.5) is 11.4 Å². The Morgan fingerprint density at radius 2 is 1.81 bits per heavy atom. The van der Waals surface area contributed by atoms with Crippen molar-refractivity contribution in [2.75, 3.05) is 30.0 Å². The van der Waals surface area contributed by atoms with Gasteiger partial charge in [0.1, 0.15) is 6.61 Å². The number of morpholine rings is 1. The van der Waals surface area contributed by atoms with E-state index in [2.05, 4.69) is 5.32 Å². The fraction of sp³-hybridized carbons (Fsp3) is 0.440. The zero-order valence-corrected chi connectivity index (χ0v) is 19.1. The zero-order valence-electron chi connectivity index (χ0n) is 19.1. The third kappa shape index (κ3) is 6.63. The quantitative estimate of drug-likeness (QED) is 0.642. The van der Waals surface area contributed by atoms with Crippen molar-refractivity contribution in [3.63, 3.8) is 0 Å². The van der Waals surface area contributed by atoms with Crippen molar-refractivity contribution < 1.29 is 24.2 Å². The molecule has 7 heteroatoms. The van der Waals surface area contributed by atoms with Crippen LogP contribution in [-0.4, -0.2) is 42.3 Å². The second-order valence-electron chi connectivity index (χ2n) is 9.06. The highest BCUT2D eigenvalue weighted by molar-refractivity contribution is 5.95. The van der Waals surface area contributed by atoms with Crippen LogP contribution in [0, 0.1) is 5.92 Å². The number of nitrogens with zero attached hydrogens (tertiary/aromatic N) is 1. The standard InChI is InChI=1S/C25H32N2O5/c1-17(15-18-5-11-21(12-6-18)27-13-14-31-16-22(27)28)23(29)26-20-9-7-19(8-10-20)24(30)32-25(2,3)4/h5-12,17,24,30H,13-16H2,1-4H3,(H,26,29)/t17-,24?/m0/s1. The molecule has 0 saturated carbocycles. The number of anilines is 2. The number of amides is 2. The van der Waals surface area contributed by atoms with E-state index in [0.717, 1.165) is 11.3 Å². The van der Waals surface area contributed by atoms with E-state index in [0.29, 0.717) is 30.8 Å². The average molecular weight is 441 g/mol. The van der Waals surface area contributed by atoms with E-state index in [4.69, 9.17) is 9.47 Å². The van der Waals surface area contributed by atoms with Gasteiger partial charge in [-0.25, -0.2) is 0 Å². The lowest BCUT2D eigenvalue weighted by Gasteiger charge is -2.27. The van der Waals surface area contributed by atoms with Crippen LogP contribution in [-0.2, 0) is 25.5 Å². The third-order valence-electron chi connectivity index (χ3n) is 5.15. The summed E-state index contributed by atoms with van der Waals surface area (Å²) in [6.07, 6.45) is -0.436. The molecule has 2 aromatic carbocycles. The highest BCUT2D eigenvalue weighted by Crippen LogP contribution is 2.23. The summed E-state index contributed by atoms with van der Waals surface area (Å²) in [5.74, 6) is -0.364. The first-order chi connectivity index (χ1) is 15.1. The minimum absolute atomic E-state index is 0.0414. The predicted octanol–water partition coefficient (Wildman–Crippen LogP) is 3.67. The van der Waals surface area contributed by atoms with E-state index in [-0.39, 0.29) is 24.3 Å². The highest BCUT2D eigenvalue weighted by atomic mass is 16.6. The van der Waals surface area contributed by atoms with E-state index >= 15 is 0 Å². The Bertz CT molecular complexity index is 919. The maximum atomic E-state index is 12.6. The number of nitrogens with one attached hydrogen (secondary N) is 1. The molecule has 1 aliphatic rings. The minimum Gasteiger partial charge on any atom is -0.370 e. The van der Waals surface area contributed by atoms with Crippen LogP contribution in [0.3, 0.4) is 0 Å². The summed E-state index contributed by atoms with van der Waals surface area (Å²) >= 11 is 0. The Kier molecular flexibility index (Phi) is 7.66. The number of aliphatic hydroxyl groups is 1. The van der Waals surface area contributed by atoms with Crippen LogP contribution in [0.1, 0.15) is 45.1 Å². The van der Waals surface area contributed by atoms with Crippen molar-refractivity contribution in [1.29, 1.82) is 0 Å². The molecule has 0 aromatic heterocycles. The second kappa shape index (κ2) is 10.3.